The van der Waals surface area contributed by atoms with Crippen molar-refractivity contribution in [1.29, 1.82) is 0 Å². The van der Waals surface area contributed by atoms with Gasteiger partial charge in [-0.3, -0.25) is 4.79 Å². The molecule has 0 radical (unpaired) electrons. The molecule has 2 aromatic rings. The lowest BCUT2D eigenvalue weighted by Gasteiger charge is -1.99. The monoisotopic (exact) mass is 218 g/mol. The van der Waals surface area contributed by atoms with Crippen LogP contribution in [0.1, 0.15) is 27.8 Å². The molecule has 0 unspecified atom stereocenters. The summed E-state index contributed by atoms with van der Waals surface area (Å²) in [7, 11) is 0. The lowest BCUT2D eigenvalue weighted by Crippen LogP contribution is -2.06. The van der Waals surface area contributed by atoms with Crippen LogP contribution in [0.5, 0.6) is 0 Å². The van der Waals surface area contributed by atoms with Crippen molar-refractivity contribution < 1.29 is 14.3 Å². The van der Waals surface area contributed by atoms with Crippen molar-refractivity contribution in [2.24, 2.45) is 0 Å². The summed E-state index contributed by atoms with van der Waals surface area (Å²) in [4.78, 5) is 22.5. The molecule has 82 valence electrons. The van der Waals surface area contributed by atoms with E-state index in [1.165, 1.54) is 4.52 Å². The number of hydrogen-bond acceptors (Lipinski definition) is 4. The Labute approximate surface area is 91.6 Å². The van der Waals surface area contributed by atoms with Gasteiger partial charge in [0.05, 0.1) is 12.1 Å². The Balaban J connectivity index is 2.64. The zero-order valence-electron chi connectivity index (χ0n) is 8.71. The van der Waals surface area contributed by atoms with E-state index >= 15 is 0 Å². The zero-order chi connectivity index (χ0) is 11.5. The summed E-state index contributed by atoms with van der Waals surface area (Å²) in [5, 5.41) is 3.98. The molecular weight excluding hydrogens is 208 g/mol. The number of aldehydes is 1. The number of esters is 1. The first-order valence-corrected chi connectivity index (χ1v) is 4.87. The van der Waals surface area contributed by atoms with Gasteiger partial charge >= 0.3 is 5.97 Å². The first-order valence-electron chi connectivity index (χ1n) is 4.87. The molecular formula is C11H10N2O3. The van der Waals surface area contributed by atoms with Crippen LogP contribution in [0.3, 0.4) is 0 Å². The molecule has 0 aliphatic heterocycles. The Hall–Kier alpha value is -2.17. The van der Waals surface area contributed by atoms with Crippen LogP contribution in [-0.4, -0.2) is 28.5 Å². The Bertz CT molecular complexity index is 545. The summed E-state index contributed by atoms with van der Waals surface area (Å²) in [6.45, 7) is 1.98. The molecule has 5 nitrogen and oxygen atoms in total. The van der Waals surface area contributed by atoms with E-state index in [4.69, 9.17) is 4.74 Å². The minimum absolute atomic E-state index is 0.102. The van der Waals surface area contributed by atoms with Crippen LogP contribution in [0.2, 0.25) is 0 Å². The van der Waals surface area contributed by atoms with Crippen molar-refractivity contribution in [2.45, 2.75) is 6.92 Å². The summed E-state index contributed by atoms with van der Waals surface area (Å²) in [6, 6.07) is 5.25. The second kappa shape index (κ2) is 4.14. The Kier molecular flexibility index (Phi) is 2.68. The first-order chi connectivity index (χ1) is 7.77. The molecule has 2 aromatic heterocycles. The molecule has 0 spiro atoms. The second-order valence-corrected chi connectivity index (χ2v) is 3.13. The van der Waals surface area contributed by atoms with Gasteiger partial charge in [0, 0.05) is 6.20 Å². The number of nitrogens with zero attached hydrogens (tertiary/aromatic N) is 2. The summed E-state index contributed by atoms with van der Waals surface area (Å²) >= 11 is 0. The fraction of sp³-hybridized carbons (Fsp3) is 0.182. The van der Waals surface area contributed by atoms with Gasteiger partial charge in [-0.1, -0.05) is 6.07 Å². The minimum Gasteiger partial charge on any atom is -0.462 e. The summed E-state index contributed by atoms with van der Waals surface area (Å²) < 4.78 is 6.37. The van der Waals surface area contributed by atoms with E-state index in [2.05, 4.69) is 5.10 Å². The molecule has 0 aromatic carbocycles. The molecule has 0 amide bonds. The third kappa shape index (κ3) is 1.56. The number of rotatable bonds is 3. The van der Waals surface area contributed by atoms with Crippen molar-refractivity contribution >= 4 is 17.8 Å². The second-order valence-electron chi connectivity index (χ2n) is 3.13. The third-order valence-electron chi connectivity index (χ3n) is 2.16. The molecule has 0 bridgehead atoms. The van der Waals surface area contributed by atoms with E-state index in [1.807, 2.05) is 0 Å². The molecule has 2 rings (SSSR count). The molecule has 0 atom stereocenters. The number of fused-ring (bicyclic) bond motifs is 1. The smallest absolute Gasteiger partial charge is 0.342 e. The number of carbonyl (C=O) groups excluding carboxylic acids is 2. The van der Waals surface area contributed by atoms with Gasteiger partial charge in [-0.25, -0.2) is 9.31 Å². The first kappa shape index (κ1) is 10.4. The third-order valence-corrected chi connectivity index (χ3v) is 2.16. The van der Waals surface area contributed by atoms with Crippen LogP contribution < -0.4 is 0 Å². The molecule has 0 aliphatic rings. The van der Waals surface area contributed by atoms with Gasteiger partial charge in [-0.05, 0) is 19.1 Å². The predicted octanol–water partition coefficient (Wildman–Crippen LogP) is 1.32. The highest BCUT2D eigenvalue weighted by Gasteiger charge is 2.19. The Morgan fingerprint density at radius 3 is 3.06 bits per heavy atom. The van der Waals surface area contributed by atoms with Gasteiger partial charge in [0.15, 0.2) is 6.29 Å². The quantitative estimate of drug-likeness (QED) is 0.576. The highest BCUT2D eigenvalue weighted by molar-refractivity contribution is 6.03. The van der Waals surface area contributed by atoms with Crippen LogP contribution in [0.4, 0.5) is 0 Å². The average Bonchev–Trinajstić information content (AvgIpc) is 2.67. The van der Waals surface area contributed by atoms with Crippen molar-refractivity contribution in [1.82, 2.24) is 9.61 Å². The normalized spacial score (nSPS) is 10.3. The van der Waals surface area contributed by atoms with Gasteiger partial charge in [0.2, 0.25) is 0 Å². The number of aromatic nitrogens is 2. The van der Waals surface area contributed by atoms with E-state index in [9.17, 15) is 9.59 Å². The van der Waals surface area contributed by atoms with Crippen LogP contribution in [0.25, 0.3) is 5.52 Å². The van der Waals surface area contributed by atoms with E-state index in [0.717, 1.165) is 0 Å². The van der Waals surface area contributed by atoms with Crippen molar-refractivity contribution in [3.63, 3.8) is 0 Å². The molecule has 0 saturated carbocycles. The van der Waals surface area contributed by atoms with Gasteiger partial charge in [0.25, 0.3) is 0 Å². The largest absolute Gasteiger partial charge is 0.462 e. The zero-order valence-corrected chi connectivity index (χ0v) is 8.71. The van der Waals surface area contributed by atoms with Crippen molar-refractivity contribution in [3.8, 4) is 0 Å². The van der Waals surface area contributed by atoms with Crippen LogP contribution >= 0.6 is 0 Å². The van der Waals surface area contributed by atoms with Gasteiger partial charge in [-0.15, -0.1) is 0 Å². The van der Waals surface area contributed by atoms with E-state index in [0.29, 0.717) is 11.8 Å². The highest BCUT2D eigenvalue weighted by Crippen LogP contribution is 2.15. The van der Waals surface area contributed by atoms with Crippen LogP contribution in [0, 0.1) is 0 Å². The number of carbonyl (C=O) groups is 2. The maximum Gasteiger partial charge on any atom is 0.342 e. The molecule has 0 saturated heterocycles. The lowest BCUT2D eigenvalue weighted by atomic mass is 10.2. The van der Waals surface area contributed by atoms with E-state index < -0.39 is 5.97 Å². The number of ether oxygens (including phenoxy) is 1. The summed E-state index contributed by atoms with van der Waals surface area (Å²) in [6.07, 6.45) is 2.23. The summed E-state index contributed by atoms with van der Waals surface area (Å²) in [5.41, 5.74) is 0.894. The molecule has 5 heteroatoms. The fourth-order valence-corrected chi connectivity index (χ4v) is 1.51. The maximum atomic E-state index is 11.7. The average molecular weight is 218 g/mol. The van der Waals surface area contributed by atoms with Crippen molar-refractivity contribution in [2.75, 3.05) is 6.61 Å². The Morgan fingerprint density at radius 1 is 1.56 bits per heavy atom. The topological polar surface area (TPSA) is 60.7 Å². The fourth-order valence-electron chi connectivity index (χ4n) is 1.51. The molecule has 16 heavy (non-hydrogen) atoms. The van der Waals surface area contributed by atoms with Crippen LogP contribution in [0.15, 0.2) is 24.4 Å². The molecule has 2 heterocycles. The maximum absolute atomic E-state index is 11.7. The number of hydrogen-bond donors (Lipinski definition) is 0. The van der Waals surface area contributed by atoms with E-state index in [1.54, 1.807) is 31.3 Å². The number of pyridine rings is 1. The standard InChI is InChI=1S/C11H10N2O3/c1-2-16-11(15)10-8(7-14)12-13-6-4-3-5-9(10)13/h3-7H,2H2,1H3. The Morgan fingerprint density at radius 2 is 2.38 bits per heavy atom. The lowest BCUT2D eigenvalue weighted by molar-refractivity contribution is 0.0526. The minimum atomic E-state index is -0.522. The van der Waals surface area contributed by atoms with Crippen molar-refractivity contribution in [3.05, 3.63) is 35.7 Å². The molecule has 0 aliphatic carbocycles. The van der Waals surface area contributed by atoms with Gasteiger partial charge in [0.1, 0.15) is 11.3 Å². The highest BCUT2D eigenvalue weighted by atomic mass is 16.5. The summed E-state index contributed by atoms with van der Waals surface area (Å²) in [5.74, 6) is -0.522. The van der Waals surface area contributed by atoms with Crippen LogP contribution in [-0.2, 0) is 4.74 Å². The predicted molar refractivity (Wildman–Crippen MR) is 56.5 cm³/mol. The van der Waals surface area contributed by atoms with Gasteiger partial charge < -0.3 is 4.74 Å². The van der Waals surface area contributed by atoms with Gasteiger partial charge in [-0.2, -0.15) is 5.10 Å². The van der Waals surface area contributed by atoms with E-state index in [-0.39, 0.29) is 17.9 Å². The molecule has 0 fully saturated rings. The molecule has 0 N–H and O–H groups in total. The SMILES string of the molecule is CCOC(=O)c1c(C=O)nn2ccccc12.